The van der Waals surface area contributed by atoms with Gasteiger partial charge in [0.25, 0.3) is 10.2 Å². The third kappa shape index (κ3) is 3.84. The van der Waals surface area contributed by atoms with Gasteiger partial charge in [0.1, 0.15) is 0 Å². The molecule has 0 radical (unpaired) electrons. The van der Waals surface area contributed by atoms with Crippen molar-refractivity contribution in [2.45, 2.75) is 39.7 Å². The molecular weight excluding hydrogens is 328 g/mol. The minimum atomic E-state index is -3.43. The smallest absolute Gasteiger partial charge is 0.282 e. The van der Waals surface area contributed by atoms with E-state index in [1.807, 2.05) is 26.0 Å². The molecule has 6 nitrogen and oxygen atoms in total. The molecular formula is C17H28N2O4S. The Morgan fingerprint density at radius 2 is 1.58 bits per heavy atom. The van der Waals surface area contributed by atoms with Crippen LogP contribution in [0, 0.1) is 0 Å². The standard InChI is InChI=1S/C17H28N2O4S/c1-5-8-18(9-6-2)24(20,21)19-10-7-14-11-16(22-3)17(23-4)12-15(14)13-19/h11-12H,5-10,13H2,1-4H3. The first-order valence-electron chi connectivity index (χ1n) is 8.46. The number of fused-ring (bicyclic) bond motifs is 1. The first kappa shape index (κ1) is 19.0. The third-order valence-electron chi connectivity index (χ3n) is 4.28. The summed E-state index contributed by atoms with van der Waals surface area (Å²) in [6, 6.07) is 3.84. The molecule has 1 aliphatic rings. The second kappa shape index (κ2) is 8.18. The Balaban J connectivity index is 2.28. The molecule has 1 aromatic rings. The van der Waals surface area contributed by atoms with Crippen LogP contribution in [0.5, 0.6) is 11.5 Å². The number of ether oxygens (including phenoxy) is 2. The highest BCUT2D eigenvalue weighted by molar-refractivity contribution is 7.86. The van der Waals surface area contributed by atoms with Crippen LogP contribution in [0.15, 0.2) is 12.1 Å². The maximum absolute atomic E-state index is 12.9. The van der Waals surface area contributed by atoms with Crippen molar-refractivity contribution in [3.8, 4) is 11.5 Å². The molecule has 0 bridgehead atoms. The predicted molar refractivity (Wildman–Crippen MR) is 94.7 cm³/mol. The Morgan fingerprint density at radius 3 is 2.08 bits per heavy atom. The van der Waals surface area contributed by atoms with Crippen LogP contribution < -0.4 is 9.47 Å². The summed E-state index contributed by atoms with van der Waals surface area (Å²) in [6.07, 6.45) is 2.31. The number of rotatable bonds is 8. The lowest BCUT2D eigenvalue weighted by Gasteiger charge is -2.33. The molecule has 0 saturated heterocycles. The lowest BCUT2D eigenvalue weighted by molar-refractivity contribution is 0.320. The average Bonchev–Trinajstić information content (AvgIpc) is 2.59. The number of hydrogen-bond acceptors (Lipinski definition) is 4. The zero-order valence-electron chi connectivity index (χ0n) is 15.0. The summed E-state index contributed by atoms with van der Waals surface area (Å²) in [4.78, 5) is 0. The van der Waals surface area contributed by atoms with Gasteiger partial charge in [-0.05, 0) is 42.5 Å². The van der Waals surface area contributed by atoms with Gasteiger partial charge in [-0.1, -0.05) is 13.8 Å². The molecule has 0 unspecified atom stereocenters. The van der Waals surface area contributed by atoms with E-state index < -0.39 is 10.2 Å². The second-order valence-electron chi connectivity index (χ2n) is 5.97. The number of methoxy groups -OCH3 is 2. The van der Waals surface area contributed by atoms with Crippen LogP contribution in [0.4, 0.5) is 0 Å². The molecule has 0 saturated carbocycles. The highest BCUT2D eigenvalue weighted by Gasteiger charge is 2.32. The van der Waals surface area contributed by atoms with Crippen molar-refractivity contribution in [1.29, 1.82) is 0 Å². The summed E-state index contributed by atoms with van der Waals surface area (Å²) in [5.74, 6) is 1.32. The lowest BCUT2D eigenvalue weighted by Crippen LogP contribution is -2.46. The molecule has 24 heavy (non-hydrogen) atoms. The highest BCUT2D eigenvalue weighted by atomic mass is 32.2. The molecule has 1 heterocycles. The topological polar surface area (TPSA) is 59.1 Å². The third-order valence-corrected chi connectivity index (χ3v) is 6.26. The Morgan fingerprint density at radius 1 is 1.04 bits per heavy atom. The molecule has 0 fully saturated rings. The summed E-state index contributed by atoms with van der Waals surface area (Å²) in [5, 5.41) is 0. The van der Waals surface area contributed by atoms with E-state index in [1.54, 1.807) is 22.8 Å². The summed E-state index contributed by atoms with van der Waals surface area (Å²) < 4.78 is 39.7. The van der Waals surface area contributed by atoms with Gasteiger partial charge in [-0.3, -0.25) is 0 Å². The fourth-order valence-corrected chi connectivity index (χ4v) is 4.84. The second-order valence-corrected chi connectivity index (χ2v) is 7.89. The summed E-state index contributed by atoms with van der Waals surface area (Å²) >= 11 is 0. The molecule has 1 aromatic carbocycles. The van der Waals surface area contributed by atoms with Crippen molar-refractivity contribution >= 4 is 10.2 Å². The van der Waals surface area contributed by atoms with Gasteiger partial charge in [0.05, 0.1) is 14.2 Å². The number of benzene rings is 1. The van der Waals surface area contributed by atoms with Gasteiger partial charge in [0.15, 0.2) is 11.5 Å². The van der Waals surface area contributed by atoms with E-state index in [-0.39, 0.29) is 0 Å². The first-order valence-corrected chi connectivity index (χ1v) is 9.86. The molecule has 2 rings (SSSR count). The Kier molecular flexibility index (Phi) is 6.48. The molecule has 1 aliphatic heterocycles. The van der Waals surface area contributed by atoms with E-state index in [9.17, 15) is 8.42 Å². The molecule has 0 aliphatic carbocycles. The van der Waals surface area contributed by atoms with E-state index in [0.29, 0.717) is 44.1 Å². The van der Waals surface area contributed by atoms with Crippen LogP contribution in [0.2, 0.25) is 0 Å². The molecule has 0 N–H and O–H groups in total. The minimum absolute atomic E-state index is 0.377. The Hall–Kier alpha value is -1.31. The monoisotopic (exact) mass is 356 g/mol. The van der Waals surface area contributed by atoms with Crippen LogP contribution in [-0.2, 0) is 23.2 Å². The quantitative estimate of drug-likeness (QED) is 0.718. The Labute approximate surface area is 145 Å². The number of nitrogens with zero attached hydrogens (tertiary/aromatic N) is 2. The van der Waals surface area contributed by atoms with Gasteiger partial charge in [-0.15, -0.1) is 0 Å². The normalized spacial score (nSPS) is 15.4. The maximum atomic E-state index is 12.9. The van der Waals surface area contributed by atoms with Crippen LogP contribution >= 0.6 is 0 Å². The first-order chi connectivity index (χ1) is 11.5. The van der Waals surface area contributed by atoms with Crippen molar-refractivity contribution < 1.29 is 17.9 Å². The Bertz CT molecular complexity index is 655. The summed E-state index contributed by atoms with van der Waals surface area (Å²) in [6.45, 7) is 6.00. The maximum Gasteiger partial charge on any atom is 0.282 e. The molecule has 136 valence electrons. The van der Waals surface area contributed by atoms with Crippen molar-refractivity contribution in [1.82, 2.24) is 8.61 Å². The average molecular weight is 356 g/mol. The van der Waals surface area contributed by atoms with Crippen molar-refractivity contribution in [3.05, 3.63) is 23.3 Å². The van der Waals surface area contributed by atoms with Gasteiger partial charge in [0, 0.05) is 26.2 Å². The minimum Gasteiger partial charge on any atom is -0.493 e. The van der Waals surface area contributed by atoms with Crippen LogP contribution in [0.25, 0.3) is 0 Å². The molecule has 7 heteroatoms. The summed E-state index contributed by atoms with van der Waals surface area (Å²) in [5.41, 5.74) is 2.10. The lowest BCUT2D eigenvalue weighted by atomic mass is 10.0. The van der Waals surface area contributed by atoms with E-state index >= 15 is 0 Å². The van der Waals surface area contributed by atoms with Gasteiger partial charge in [-0.25, -0.2) is 0 Å². The van der Waals surface area contributed by atoms with Crippen molar-refractivity contribution in [2.75, 3.05) is 33.9 Å². The largest absolute Gasteiger partial charge is 0.493 e. The van der Waals surface area contributed by atoms with Crippen molar-refractivity contribution in [3.63, 3.8) is 0 Å². The number of hydrogen-bond donors (Lipinski definition) is 0. The summed E-state index contributed by atoms with van der Waals surface area (Å²) in [7, 11) is -0.234. The fraction of sp³-hybridized carbons (Fsp3) is 0.647. The predicted octanol–water partition coefficient (Wildman–Crippen LogP) is 2.43. The van der Waals surface area contributed by atoms with E-state index in [4.69, 9.17) is 9.47 Å². The molecule has 0 atom stereocenters. The molecule has 0 amide bonds. The van der Waals surface area contributed by atoms with Crippen molar-refractivity contribution in [2.24, 2.45) is 0 Å². The van der Waals surface area contributed by atoms with Crippen LogP contribution in [-0.4, -0.2) is 50.9 Å². The van der Waals surface area contributed by atoms with Gasteiger partial charge in [-0.2, -0.15) is 17.0 Å². The van der Waals surface area contributed by atoms with Gasteiger partial charge >= 0.3 is 0 Å². The van der Waals surface area contributed by atoms with E-state index in [2.05, 4.69) is 0 Å². The molecule has 0 aromatic heterocycles. The van der Waals surface area contributed by atoms with Gasteiger partial charge in [0.2, 0.25) is 0 Å². The fourth-order valence-electron chi connectivity index (χ4n) is 3.06. The molecule has 0 spiro atoms. The van der Waals surface area contributed by atoms with Gasteiger partial charge < -0.3 is 9.47 Å². The van der Waals surface area contributed by atoms with E-state index in [1.165, 1.54) is 0 Å². The van der Waals surface area contributed by atoms with Crippen LogP contribution in [0.3, 0.4) is 0 Å². The zero-order chi connectivity index (χ0) is 17.7. The zero-order valence-corrected chi connectivity index (χ0v) is 15.9. The SMILES string of the molecule is CCCN(CCC)S(=O)(=O)N1CCc2cc(OC)c(OC)cc2C1. The highest BCUT2D eigenvalue weighted by Crippen LogP contribution is 2.34. The van der Waals surface area contributed by atoms with E-state index in [0.717, 1.165) is 24.0 Å². The van der Waals surface area contributed by atoms with Crippen LogP contribution in [0.1, 0.15) is 37.8 Å².